The predicted octanol–water partition coefficient (Wildman–Crippen LogP) is 2.42. The van der Waals surface area contributed by atoms with E-state index in [0.717, 1.165) is 13.0 Å². The Labute approximate surface area is 76.9 Å². The second-order valence-corrected chi connectivity index (χ2v) is 4.57. The summed E-state index contributed by atoms with van der Waals surface area (Å²) in [5.74, 6) is 2.65. The summed E-state index contributed by atoms with van der Waals surface area (Å²) in [6.07, 6.45) is 7.22. The van der Waals surface area contributed by atoms with Gasteiger partial charge in [0.2, 0.25) is 0 Å². The summed E-state index contributed by atoms with van der Waals surface area (Å²) in [4.78, 5) is 0. The van der Waals surface area contributed by atoms with E-state index < -0.39 is 0 Å². The smallest absolute Gasteiger partial charge is 0.0238 e. The number of nitrogens with one attached hydrogen (secondary N) is 1. The molecule has 0 aromatic heterocycles. The molecule has 0 amide bonds. The maximum absolute atomic E-state index is 5.20. The molecular formula is C11H21N. The van der Waals surface area contributed by atoms with Crippen LogP contribution in [0.25, 0.3) is 0 Å². The summed E-state index contributed by atoms with van der Waals surface area (Å²) in [6.45, 7) is 9.94. The highest BCUT2D eigenvalue weighted by molar-refractivity contribution is 4.88. The van der Waals surface area contributed by atoms with Gasteiger partial charge in [-0.25, -0.2) is 0 Å². The molecule has 1 unspecified atom stereocenters. The minimum absolute atomic E-state index is 0.420. The highest BCUT2D eigenvalue weighted by atomic mass is 14.9. The first kappa shape index (κ1) is 11.5. The molecule has 0 saturated heterocycles. The van der Waals surface area contributed by atoms with Crippen molar-refractivity contribution in [3.63, 3.8) is 0 Å². The molecule has 0 fully saturated rings. The highest BCUT2D eigenvalue weighted by Gasteiger charge is 2.09. The van der Waals surface area contributed by atoms with Crippen molar-refractivity contribution in [1.29, 1.82) is 0 Å². The molecule has 1 nitrogen and oxygen atoms in total. The molecule has 1 heteroatoms. The maximum atomic E-state index is 5.20. The predicted molar refractivity (Wildman–Crippen MR) is 55.0 cm³/mol. The van der Waals surface area contributed by atoms with Crippen molar-refractivity contribution < 1.29 is 0 Å². The molecule has 0 heterocycles. The molecule has 0 aromatic carbocycles. The van der Waals surface area contributed by atoms with Gasteiger partial charge in [-0.2, -0.15) is 0 Å². The zero-order chi connectivity index (χ0) is 9.61. The highest BCUT2D eigenvalue weighted by Crippen LogP contribution is 2.17. The topological polar surface area (TPSA) is 12.0 Å². The van der Waals surface area contributed by atoms with Crippen LogP contribution in [0.15, 0.2) is 0 Å². The third kappa shape index (κ3) is 7.63. The fourth-order valence-electron chi connectivity index (χ4n) is 0.943. The van der Waals surface area contributed by atoms with Crippen LogP contribution < -0.4 is 5.32 Å². The van der Waals surface area contributed by atoms with Crippen molar-refractivity contribution in [1.82, 2.24) is 5.32 Å². The Bertz CT molecular complexity index is 147. The molecule has 0 radical (unpaired) electrons. The van der Waals surface area contributed by atoms with Crippen molar-refractivity contribution >= 4 is 0 Å². The minimum Gasteiger partial charge on any atom is -0.313 e. The molecule has 0 spiro atoms. The Balaban J connectivity index is 3.38. The Hall–Kier alpha value is -0.480. The van der Waals surface area contributed by atoms with Gasteiger partial charge in [-0.1, -0.05) is 20.8 Å². The molecular weight excluding hydrogens is 146 g/mol. The second kappa shape index (κ2) is 5.22. The van der Waals surface area contributed by atoms with Crippen molar-refractivity contribution in [2.24, 2.45) is 5.41 Å². The molecule has 12 heavy (non-hydrogen) atoms. The van der Waals surface area contributed by atoms with Gasteiger partial charge >= 0.3 is 0 Å². The summed E-state index contributed by atoms with van der Waals surface area (Å²) in [5.41, 5.74) is 0.420. The van der Waals surface area contributed by atoms with Gasteiger partial charge in [0.05, 0.1) is 0 Å². The zero-order valence-electron chi connectivity index (χ0n) is 8.78. The molecule has 1 N–H and O–H groups in total. The summed E-state index contributed by atoms with van der Waals surface area (Å²) in [7, 11) is 0. The summed E-state index contributed by atoms with van der Waals surface area (Å²) < 4.78 is 0. The first-order valence-electron chi connectivity index (χ1n) is 4.62. The van der Waals surface area contributed by atoms with E-state index in [1.165, 1.54) is 6.42 Å². The van der Waals surface area contributed by atoms with E-state index in [0.29, 0.717) is 11.5 Å². The van der Waals surface area contributed by atoms with Crippen LogP contribution in [0.5, 0.6) is 0 Å². The Morgan fingerprint density at radius 3 is 2.42 bits per heavy atom. The van der Waals surface area contributed by atoms with Crippen molar-refractivity contribution in [3.05, 3.63) is 0 Å². The van der Waals surface area contributed by atoms with Gasteiger partial charge in [0.1, 0.15) is 0 Å². The van der Waals surface area contributed by atoms with Gasteiger partial charge in [0, 0.05) is 12.5 Å². The lowest BCUT2D eigenvalue weighted by molar-refractivity contribution is 0.357. The molecule has 1 atom stereocenters. The van der Waals surface area contributed by atoms with Crippen LogP contribution in [0.4, 0.5) is 0 Å². The van der Waals surface area contributed by atoms with E-state index in [2.05, 4.69) is 38.9 Å². The van der Waals surface area contributed by atoms with Crippen LogP contribution in [0.2, 0.25) is 0 Å². The van der Waals surface area contributed by atoms with E-state index in [1.807, 2.05) is 0 Å². The van der Waals surface area contributed by atoms with Crippen LogP contribution in [-0.2, 0) is 0 Å². The first-order valence-corrected chi connectivity index (χ1v) is 4.62. The maximum Gasteiger partial charge on any atom is 0.0238 e. The van der Waals surface area contributed by atoms with E-state index in [9.17, 15) is 0 Å². The second-order valence-electron chi connectivity index (χ2n) is 4.57. The summed E-state index contributed by atoms with van der Waals surface area (Å²) >= 11 is 0. The van der Waals surface area contributed by atoms with Crippen LogP contribution in [0, 0.1) is 17.8 Å². The molecule has 0 aromatic rings. The molecule has 0 rings (SSSR count). The number of terminal acetylenes is 1. The lowest BCUT2D eigenvalue weighted by Crippen LogP contribution is -2.28. The Kier molecular flexibility index (Phi) is 5.01. The number of hydrogen-bond donors (Lipinski definition) is 1. The zero-order valence-corrected chi connectivity index (χ0v) is 8.78. The third-order valence-corrected chi connectivity index (χ3v) is 1.79. The fourth-order valence-corrected chi connectivity index (χ4v) is 0.943. The average Bonchev–Trinajstić information content (AvgIpc) is 1.84. The normalized spacial score (nSPS) is 13.9. The van der Waals surface area contributed by atoms with E-state index in [1.54, 1.807) is 0 Å². The largest absolute Gasteiger partial charge is 0.313 e. The molecule has 0 saturated carbocycles. The van der Waals surface area contributed by atoms with Crippen molar-refractivity contribution in [3.8, 4) is 12.3 Å². The van der Waals surface area contributed by atoms with E-state index >= 15 is 0 Å². The average molecular weight is 167 g/mol. The molecule has 0 bridgehead atoms. The van der Waals surface area contributed by atoms with Crippen molar-refractivity contribution in [2.45, 2.75) is 46.6 Å². The van der Waals surface area contributed by atoms with Crippen LogP contribution >= 0.6 is 0 Å². The quantitative estimate of drug-likeness (QED) is 0.634. The lowest BCUT2D eigenvalue weighted by atomic mass is 9.92. The number of rotatable bonds is 4. The minimum atomic E-state index is 0.420. The van der Waals surface area contributed by atoms with Crippen LogP contribution in [0.1, 0.15) is 40.5 Å². The van der Waals surface area contributed by atoms with Gasteiger partial charge < -0.3 is 5.32 Å². The number of hydrogen-bond acceptors (Lipinski definition) is 1. The van der Waals surface area contributed by atoms with Crippen molar-refractivity contribution in [2.75, 3.05) is 6.54 Å². The van der Waals surface area contributed by atoms with Crippen LogP contribution in [-0.4, -0.2) is 12.6 Å². The molecule has 0 aliphatic rings. The van der Waals surface area contributed by atoms with Crippen LogP contribution in [0.3, 0.4) is 0 Å². The Morgan fingerprint density at radius 1 is 1.42 bits per heavy atom. The Morgan fingerprint density at radius 2 is 2.00 bits per heavy atom. The van der Waals surface area contributed by atoms with Gasteiger partial charge in [0.15, 0.2) is 0 Å². The fraction of sp³-hybridized carbons (Fsp3) is 0.818. The molecule has 70 valence electrons. The summed E-state index contributed by atoms with van der Waals surface area (Å²) in [5, 5.41) is 3.40. The first-order chi connectivity index (χ1) is 5.45. The molecule has 0 aliphatic heterocycles. The SMILES string of the molecule is C#CCC(C)NCCC(C)(C)C. The van der Waals surface area contributed by atoms with Gasteiger partial charge in [0.25, 0.3) is 0 Å². The molecule has 0 aliphatic carbocycles. The standard InChI is InChI=1S/C11H21N/c1-6-7-10(2)12-9-8-11(3,4)5/h1,10,12H,7-9H2,2-5H3. The monoisotopic (exact) mass is 167 g/mol. The van der Waals surface area contributed by atoms with E-state index in [-0.39, 0.29) is 0 Å². The van der Waals surface area contributed by atoms with Gasteiger partial charge in [-0.3, -0.25) is 0 Å². The van der Waals surface area contributed by atoms with E-state index in [4.69, 9.17) is 6.42 Å². The summed E-state index contributed by atoms with van der Waals surface area (Å²) in [6, 6.07) is 0.456. The third-order valence-electron chi connectivity index (χ3n) is 1.79. The van der Waals surface area contributed by atoms with Gasteiger partial charge in [-0.05, 0) is 25.3 Å². The lowest BCUT2D eigenvalue weighted by Gasteiger charge is -2.19. The van der Waals surface area contributed by atoms with Gasteiger partial charge in [-0.15, -0.1) is 12.3 Å².